The van der Waals surface area contributed by atoms with Crippen molar-refractivity contribution in [1.29, 1.82) is 0 Å². The first-order chi connectivity index (χ1) is 23.6. The van der Waals surface area contributed by atoms with Crippen molar-refractivity contribution in [3.8, 4) is 27.9 Å². The van der Waals surface area contributed by atoms with E-state index in [1.165, 1.54) is 22.3 Å². The molecule has 0 aliphatic carbocycles. The molecule has 0 N–H and O–H groups in total. The first-order valence-corrected chi connectivity index (χ1v) is 16.3. The van der Waals surface area contributed by atoms with Gasteiger partial charge in [-0.15, -0.1) is 0 Å². The van der Waals surface area contributed by atoms with Crippen LogP contribution in [-0.4, -0.2) is 35.4 Å². The van der Waals surface area contributed by atoms with Crippen molar-refractivity contribution in [2.24, 2.45) is 0 Å². The van der Waals surface area contributed by atoms with Gasteiger partial charge in [-0.1, -0.05) is 97.1 Å². The Morgan fingerprint density at radius 2 is 1.31 bits per heavy atom. The van der Waals surface area contributed by atoms with Gasteiger partial charge in [-0.05, 0) is 84.1 Å². The van der Waals surface area contributed by atoms with Gasteiger partial charge in [0.2, 0.25) is 12.1 Å². The number of para-hydroxylation sites is 3. The van der Waals surface area contributed by atoms with Gasteiger partial charge in [0, 0.05) is 11.9 Å². The molecule has 0 radical (unpaired) electrons. The molecule has 0 fully saturated rings. The van der Waals surface area contributed by atoms with Crippen LogP contribution in [0, 0.1) is 0 Å². The molecule has 0 saturated carbocycles. The molecule has 10 rings (SSSR count). The zero-order valence-corrected chi connectivity index (χ0v) is 26.5. The van der Waals surface area contributed by atoms with Crippen molar-refractivity contribution in [3.63, 3.8) is 0 Å². The van der Waals surface area contributed by atoms with Gasteiger partial charge in [0.1, 0.15) is 5.54 Å². The number of nitrogens with zero attached hydrogens (tertiary/aromatic N) is 6. The van der Waals surface area contributed by atoms with Crippen molar-refractivity contribution in [2.75, 3.05) is 4.90 Å². The largest absolute Gasteiger partial charge is 0.314 e. The van der Waals surface area contributed by atoms with Gasteiger partial charge in [0.05, 0.1) is 33.6 Å². The monoisotopic (exact) mass is 618 g/mol. The number of anilines is 1. The zero-order chi connectivity index (χ0) is 32.0. The first-order valence-electron chi connectivity index (χ1n) is 16.3. The van der Waals surface area contributed by atoms with Crippen LogP contribution in [0.15, 0.2) is 146 Å². The predicted molar refractivity (Wildman–Crippen MR) is 194 cm³/mol. The lowest BCUT2D eigenvalue weighted by atomic mass is 9.85. The van der Waals surface area contributed by atoms with E-state index in [1.54, 1.807) is 0 Å². The van der Waals surface area contributed by atoms with E-state index in [4.69, 9.17) is 9.97 Å². The second-order valence-electron chi connectivity index (χ2n) is 13.0. The van der Waals surface area contributed by atoms with Crippen molar-refractivity contribution >= 4 is 51.4 Å². The summed E-state index contributed by atoms with van der Waals surface area (Å²) in [6, 6.07) is 47.1. The van der Waals surface area contributed by atoms with Gasteiger partial charge in [0.25, 0.3) is 0 Å². The van der Waals surface area contributed by atoms with Crippen LogP contribution in [0.5, 0.6) is 0 Å². The maximum Gasteiger partial charge on any atom is 0.246 e. The number of fused-ring (bicyclic) bond motifs is 13. The quantitative estimate of drug-likeness (QED) is 0.143. The number of hydrogen-bond donors (Lipinski definition) is 0. The summed E-state index contributed by atoms with van der Waals surface area (Å²) >= 11 is 0. The summed E-state index contributed by atoms with van der Waals surface area (Å²) in [4.78, 5) is 12.3. The molecular formula is C42H30N6. The molecule has 3 aromatic heterocycles. The van der Waals surface area contributed by atoms with Crippen LogP contribution in [0.25, 0.3) is 61.6 Å². The van der Waals surface area contributed by atoms with Crippen LogP contribution in [0.4, 0.5) is 11.4 Å². The molecule has 48 heavy (non-hydrogen) atoms. The van der Waals surface area contributed by atoms with Crippen molar-refractivity contribution in [2.45, 2.75) is 19.4 Å². The number of benzene rings is 5. The van der Waals surface area contributed by atoms with Gasteiger partial charge >= 0.3 is 0 Å². The Bertz CT molecular complexity index is 2650. The molecular weight excluding hydrogens is 589 g/mol. The van der Waals surface area contributed by atoms with Gasteiger partial charge in [-0.2, -0.15) is 0 Å². The molecule has 6 nitrogen and oxygen atoms in total. The Morgan fingerprint density at radius 1 is 0.646 bits per heavy atom. The number of imidazole rings is 2. The maximum atomic E-state index is 5.13. The second kappa shape index (κ2) is 9.86. The summed E-state index contributed by atoms with van der Waals surface area (Å²) < 4.78 is 6.64. The van der Waals surface area contributed by atoms with Gasteiger partial charge < -0.3 is 9.48 Å². The topological polar surface area (TPSA) is 41.4 Å². The Balaban J connectivity index is 1.31. The van der Waals surface area contributed by atoms with E-state index in [0.29, 0.717) is 0 Å². The molecule has 2 aliphatic rings. The molecule has 0 unspecified atom stereocenters. The smallest absolute Gasteiger partial charge is 0.246 e. The minimum atomic E-state index is -0.348. The van der Waals surface area contributed by atoms with Crippen molar-refractivity contribution in [3.05, 3.63) is 151 Å². The number of aromatic nitrogens is 4. The summed E-state index contributed by atoms with van der Waals surface area (Å²) in [5, 5.41) is 0. The van der Waals surface area contributed by atoms with E-state index < -0.39 is 0 Å². The van der Waals surface area contributed by atoms with E-state index in [0.717, 1.165) is 56.3 Å². The maximum absolute atomic E-state index is 5.13. The Kier molecular flexibility index (Phi) is 5.53. The highest BCUT2D eigenvalue weighted by molar-refractivity contribution is 6.08. The molecule has 0 bridgehead atoms. The second-order valence-corrected chi connectivity index (χ2v) is 13.0. The molecule has 0 atom stereocenters. The van der Waals surface area contributed by atoms with Crippen LogP contribution in [-0.2, 0) is 0 Å². The summed E-state index contributed by atoms with van der Waals surface area (Å²) in [5.74, 6) is 0.829. The Hall–Kier alpha value is -6.27. The highest BCUT2D eigenvalue weighted by Crippen LogP contribution is 2.47. The Morgan fingerprint density at radius 3 is 2.12 bits per heavy atom. The van der Waals surface area contributed by atoms with Crippen LogP contribution < -0.4 is 4.90 Å². The van der Waals surface area contributed by atoms with Crippen LogP contribution in [0.3, 0.4) is 0 Å². The molecule has 5 aromatic carbocycles. The minimum absolute atomic E-state index is 0.348. The van der Waals surface area contributed by atoms with E-state index in [2.05, 4.69) is 166 Å². The first kappa shape index (κ1) is 26.9. The van der Waals surface area contributed by atoms with E-state index in [1.807, 2.05) is 18.3 Å². The molecule has 5 heterocycles. The lowest BCUT2D eigenvalue weighted by Crippen LogP contribution is -2.42. The van der Waals surface area contributed by atoms with Crippen molar-refractivity contribution in [1.82, 2.24) is 18.9 Å². The number of rotatable bonds is 2. The van der Waals surface area contributed by atoms with E-state index in [9.17, 15) is 0 Å². The van der Waals surface area contributed by atoms with Crippen molar-refractivity contribution < 1.29 is 4.58 Å². The normalized spacial score (nSPS) is 14.8. The third kappa shape index (κ3) is 3.77. The summed E-state index contributed by atoms with van der Waals surface area (Å²) in [6.45, 7) is 4.50. The summed E-state index contributed by atoms with van der Waals surface area (Å²) in [5.41, 5.74) is 13.6. The lowest BCUT2D eigenvalue weighted by molar-refractivity contribution is -0.506. The molecule has 6 heteroatoms. The zero-order valence-electron chi connectivity index (χ0n) is 26.5. The Labute approximate surface area is 277 Å². The van der Waals surface area contributed by atoms with E-state index in [-0.39, 0.29) is 5.54 Å². The fourth-order valence-corrected chi connectivity index (χ4v) is 7.53. The molecule has 0 amide bonds. The predicted octanol–water partition coefficient (Wildman–Crippen LogP) is 9.36. The molecule has 8 aromatic rings. The average molecular weight is 619 g/mol. The molecule has 2 aliphatic heterocycles. The third-order valence-corrected chi connectivity index (χ3v) is 9.67. The average Bonchev–Trinajstić information content (AvgIpc) is 3.66. The highest BCUT2D eigenvalue weighted by atomic mass is 15.3. The summed E-state index contributed by atoms with van der Waals surface area (Å²) in [6.07, 6.45) is 8.11. The fraction of sp³-hybridized carbons (Fsp3) is 0.0714. The molecule has 0 saturated heterocycles. The van der Waals surface area contributed by atoms with Crippen LogP contribution in [0.2, 0.25) is 0 Å². The lowest BCUT2D eigenvalue weighted by Gasteiger charge is -2.39. The SMILES string of the molecule is CC1(C)C=C2c3ccccc3-c3ccccc3-c3ccc(-n4c5ncccc5n5c6ccccc6nc45)cc3N2[C-]=[N+]1c1ccccc1. The van der Waals surface area contributed by atoms with E-state index >= 15 is 0 Å². The molecule has 0 spiro atoms. The fourth-order valence-electron chi connectivity index (χ4n) is 7.53. The van der Waals surface area contributed by atoms with Crippen LogP contribution >= 0.6 is 0 Å². The molecule has 228 valence electrons. The highest BCUT2D eigenvalue weighted by Gasteiger charge is 2.35. The summed E-state index contributed by atoms with van der Waals surface area (Å²) in [7, 11) is 0. The standard InChI is InChI=1S/C42H30N6/c1-42(2)26-39-33-18-9-8-16-31(33)30-15-6-7-17-32(30)34-23-22-29(25-38(34)45(39)27-46(42)28-13-4-3-5-14-28)47-40-37(21-12-24-43-40)48-36-20-11-10-19-35(36)44-41(47)48/h3-26H,1-2H3. The number of hydrogen-bond acceptors (Lipinski definition) is 3. The minimum Gasteiger partial charge on any atom is -0.314 e. The van der Waals surface area contributed by atoms with Gasteiger partial charge in [-0.25, -0.2) is 9.97 Å². The van der Waals surface area contributed by atoms with Crippen LogP contribution in [0.1, 0.15) is 19.4 Å². The number of pyridine rings is 1. The van der Waals surface area contributed by atoms with Gasteiger partial charge in [0.15, 0.2) is 5.65 Å². The van der Waals surface area contributed by atoms with Gasteiger partial charge in [-0.3, -0.25) is 8.97 Å². The third-order valence-electron chi connectivity index (χ3n) is 9.67.